The second-order valence-corrected chi connectivity index (χ2v) is 8.62. The second-order valence-electron chi connectivity index (χ2n) is 8.62. The molecule has 1 aliphatic rings. The van der Waals surface area contributed by atoms with Gasteiger partial charge in [0.1, 0.15) is 12.4 Å². The molecule has 8 nitrogen and oxygen atoms in total. The average molecular weight is 486 g/mol. The molecule has 0 spiro atoms. The lowest BCUT2D eigenvalue weighted by Crippen LogP contribution is -2.24. The maximum absolute atomic E-state index is 12.7. The van der Waals surface area contributed by atoms with Gasteiger partial charge >= 0.3 is 0 Å². The van der Waals surface area contributed by atoms with E-state index in [0.717, 1.165) is 22.4 Å². The van der Waals surface area contributed by atoms with Gasteiger partial charge in [-0.05, 0) is 47.5 Å². The lowest BCUT2D eigenvalue weighted by molar-refractivity contribution is -0.128. The summed E-state index contributed by atoms with van der Waals surface area (Å²) in [6.07, 6.45) is 0.335. The molecule has 0 bridgehead atoms. The summed E-state index contributed by atoms with van der Waals surface area (Å²) in [5.74, 6) is 2.92. The van der Waals surface area contributed by atoms with Gasteiger partial charge in [0.2, 0.25) is 17.6 Å². The molecule has 1 unspecified atom stereocenters. The molecule has 0 radical (unpaired) electrons. The normalized spacial score (nSPS) is 15.2. The highest BCUT2D eigenvalue weighted by atomic mass is 16.5. The van der Waals surface area contributed by atoms with Gasteiger partial charge in [0.05, 0.1) is 20.1 Å². The van der Waals surface area contributed by atoms with Crippen molar-refractivity contribution in [2.75, 3.05) is 20.8 Å². The second kappa shape index (κ2) is 10.5. The summed E-state index contributed by atoms with van der Waals surface area (Å²) in [6, 6.07) is 23.2. The molecule has 0 aliphatic carbocycles. The summed E-state index contributed by atoms with van der Waals surface area (Å²) in [5, 5.41) is 4.14. The lowest BCUT2D eigenvalue weighted by atomic mass is 10.1. The molecule has 5 rings (SSSR count). The molecule has 8 heteroatoms. The van der Waals surface area contributed by atoms with Crippen molar-refractivity contribution in [1.82, 2.24) is 15.0 Å². The molecular weight excluding hydrogens is 458 g/mol. The Morgan fingerprint density at radius 3 is 2.47 bits per heavy atom. The van der Waals surface area contributed by atoms with Crippen molar-refractivity contribution in [1.29, 1.82) is 0 Å². The maximum Gasteiger partial charge on any atom is 0.232 e. The van der Waals surface area contributed by atoms with Crippen molar-refractivity contribution in [3.05, 3.63) is 89.8 Å². The third-order valence-corrected chi connectivity index (χ3v) is 6.19. The number of hydrogen-bond acceptors (Lipinski definition) is 7. The first-order valence-electron chi connectivity index (χ1n) is 11.7. The Kier molecular flexibility index (Phi) is 6.84. The minimum Gasteiger partial charge on any atom is -0.493 e. The summed E-state index contributed by atoms with van der Waals surface area (Å²) >= 11 is 0. The van der Waals surface area contributed by atoms with E-state index in [1.165, 1.54) is 0 Å². The molecule has 184 valence electrons. The monoisotopic (exact) mass is 485 g/mol. The predicted octanol–water partition coefficient (Wildman–Crippen LogP) is 4.85. The van der Waals surface area contributed by atoms with Crippen molar-refractivity contribution < 1.29 is 23.5 Å². The van der Waals surface area contributed by atoms with Crippen LogP contribution in [0.2, 0.25) is 0 Å². The van der Waals surface area contributed by atoms with Crippen molar-refractivity contribution in [2.45, 2.75) is 25.5 Å². The van der Waals surface area contributed by atoms with Gasteiger partial charge in [0.15, 0.2) is 11.5 Å². The van der Waals surface area contributed by atoms with Gasteiger partial charge in [0, 0.05) is 25.1 Å². The molecular formula is C28H27N3O5. The van der Waals surface area contributed by atoms with E-state index in [0.29, 0.717) is 49.3 Å². The van der Waals surface area contributed by atoms with E-state index in [4.69, 9.17) is 18.7 Å². The van der Waals surface area contributed by atoms with Crippen LogP contribution in [0.5, 0.6) is 17.2 Å². The highest BCUT2D eigenvalue weighted by Gasteiger charge is 2.34. The zero-order chi connectivity index (χ0) is 24.9. The fraction of sp³-hybridized carbons (Fsp3) is 0.250. The number of benzene rings is 3. The first kappa shape index (κ1) is 23.4. The summed E-state index contributed by atoms with van der Waals surface area (Å²) in [6.45, 7) is 1.49. The van der Waals surface area contributed by atoms with Crippen LogP contribution in [0, 0.1) is 0 Å². The van der Waals surface area contributed by atoms with E-state index >= 15 is 0 Å². The van der Waals surface area contributed by atoms with Crippen LogP contribution in [0.4, 0.5) is 0 Å². The quantitative estimate of drug-likeness (QED) is 0.335. The third-order valence-electron chi connectivity index (χ3n) is 6.19. The number of carbonyl (C=O) groups is 1. The molecule has 1 fully saturated rings. The molecule has 1 saturated heterocycles. The number of rotatable bonds is 9. The molecule has 2 heterocycles. The van der Waals surface area contributed by atoms with Gasteiger partial charge in [-0.25, -0.2) is 0 Å². The Balaban J connectivity index is 1.21. The average Bonchev–Trinajstić information content (AvgIpc) is 3.55. The van der Waals surface area contributed by atoms with Crippen LogP contribution in [-0.2, 0) is 17.9 Å². The SMILES string of the molecule is COc1ccc(CN2CC(c3nc(-c4ccc(OCc5ccccc5)cc4)no3)CC2=O)cc1OC. The van der Waals surface area contributed by atoms with E-state index in [-0.39, 0.29) is 11.8 Å². The van der Waals surface area contributed by atoms with Gasteiger partial charge < -0.3 is 23.6 Å². The minimum absolute atomic E-state index is 0.0504. The lowest BCUT2D eigenvalue weighted by Gasteiger charge is -2.17. The Labute approximate surface area is 209 Å². The molecule has 4 aromatic rings. The Hall–Kier alpha value is -4.33. The van der Waals surface area contributed by atoms with E-state index in [1.807, 2.05) is 72.8 Å². The summed E-state index contributed by atoms with van der Waals surface area (Å²) in [7, 11) is 3.19. The van der Waals surface area contributed by atoms with Crippen LogP contribution in [0.1, 0.15) is 29.4 Å². The largest absolute Gasteiger partial charge is 0.493 e. The molecule has 1 amide bonds. The van der Waals surface area contributed by atoms with Crippen molar-refractivity contribution in [3.63, 3.8) is 0 Å². The summed E-state index contributed by atoms with van der Waals surface area (Å²) in [4.78, 5) is 19.1. The number of ether oxygens (including phenoxy) is 3. The molecule has 36 heavy (non-hydrogen) atoms. The van der Waals surface area contributed by atoms with Crippen LogP contribution in [0.3, 0.4) is 0 Å². The molecule has 0 saturated carbocycles. The maximum atomic E-state index is 12.7. The highest BCUT2D eigenvalue weighted by Crippen LogP contribution is 2.32. The van der Waals surface area contributed by atoms with Crippen LogP contribution in [-0.4, -0.2) is 41.7 Å². The van der Waals surface area contributed by atoms with E-state index < -0.39 is 0 Å². The van der Waals surface area contributed by atoms with E-state index in [2.05, 4.69) is 10.1 Å². The number of likely N-dealkylation sites (tertiary alicyclic amines) is 1. The van der Waals surface area contributed by atoms with Crippen LogP contribution >= 0.6 is 0 Å². The van der Waals surface area contributed by atoms with Gasteiger partial charge in [-0.15, -0.1) is 0 Å². The Morgan fingerprint density at radius 1 is 0.944 bits per heavy atom. The fourth-order valence-corrected chi connectivity index (χ4v) is 4.25. The molecule has 1 atom stereocenters. The smallest absolute Gasteiger partial charge is 0.232 e. The first-order chi connectivity index (χ1) is 17.6. The number of carbonyl (C=O) groups excluding carboxylic acids is 1. The topological polar surface area (TPSA) is 86.9 Å². The van der Waals surface area contributed by atoms with Crippen molar-refractivity contribution in [3.8, 4) is 28.6 Å². The number of aromatic nitrogens is 2. The Bertz CT molecular complexity index is 1320. The Morgan fingerprint density at radius 2 is 1.72 bits per heavy atom. The number of methoxy groups -OCH3 is 2. The van der Waals surface area contributed by atoms with Crippen molar-refractivity contribution in [2.24, 2.45) is 0 Å². The zero-order valence-electron chi connectivity index (χ0n) is 20.2. The highest BCUT2D eigenvalue weighted by molar-refractivity contribution is 5.79. The molecule has 3 aromatic carbocycles. The third kappa shape index (κ3) is 5.17. The van der Waals surface area contributed by atoms with Gasteiger partial charge in [0.25, 0.3) is 0 Å². The fourth-order valence-electron chi connectivity index (χ4n) is 4.25. The summed E-state index contributed by atoms with van der Waals surface area (Å²) in [5.41, 5.74) is 2.89. The number of amides is 1. The minimum atomic E-state index is -0.146. The zero-order valence-corrected chi connectivity index (χ0v) is 20.2. The number of nitrogens with zero attached hydrogens (tertiary/aromatic N) is 3. The van der Waals surface area contributed by atoms with Crippen LogP contribution in [0.25, 0.3) is 11.4 Å². The van der Waals surface area contributed by atoms with Crippen LogP contribution in [0.15, 0.2) is 77.3 Å². The standard InChI is InChI=1S/C28H27N3O5/c1-33-24-13-8-20(14-25(24)34-2)16-31-17-22(15-26(31)32)28-29-27(30-36-28)21-9-11-23(12-10-21)35-18-19-6-4-3-5-7-19/h3-14,22H,15-18H2,1-2H3. The number of hydrogen-bond donors (Lipinski definition) is 0. The van der Waals surface area contributed by atoms with E-state index in [1.54, 1.807) is 19.1 Å². The molecule has 0 N–H and O–H groups in total. The van der Waals surface area contributed by atoms with Gasteiger partial charge in [-0.1, -0.05) is 41.6 Å². The predicted molar refractivity (Wildman–Crippen MR) is 133 cm³/mol. The van der Waals surface area contributed by atoms with Gasteiger partial charge in [-0.2, -0.15) is 4.98 Å². The van der Waals surface area contributed by atoms with Crippen LogP contribution < -0.4 is 14.2 Å². The first-order valence-corrected chi connectivity index (χ1v) is 11.7. The summed E-state index contributed by atoms with van der Waals surface area (Å²) < 4.78 is 22.1. The molecule has 1 aliphatic heterocycles. The van der Waals surface area contributed by atoms with Crippen molar-refractivity contribution >= 4 is 5.91 Å². The van der Waals surface area contributed by atoms with E-state index in [9.17, 15) is 4.79 Å². The van der Waals surface area contributed by atoms with Gasteiger partial charge in [-0.3, -0.25) is 4.79 Å². The molecule has 1 aromatic heterocycles.